The minimum absolute atomic E-state index is 0.132. The van der Waals surface area contributed by atoms with Crippen molar-refractivity contribution in [2.75, 3.05) is 13.7 Å². The van der Waals surface area contributed by atoms with Crippen LogP contribution in [0.15, 0.2) is 42.6 Å². The van der Waals surface area contributed by atoms with E-state index in [0.29, 0.717) is 0 Å². The van der Waals surface area contributed by atoms with Crippen molar-refractivity contribution in [2.45, 2.75) is 38.8 Å². The van der Waals surface area contributed by atoms with Gasteiger partial charge in [0.1, 0.15) is 0 Å². The molecule has 1 N–H and O–H groups in total. The van der Waals surface area contributed by atoms with Crippen LogP contribution in [0.25, 0.3) is 5.69 Å². The molecule has 2 unspecified atom stereocenters. The zero-order chi connectivity index (χ0) is 15.1. The molecule has 1 aromatic carbocycles. The number of rotatable bonds is 8. The van der Waals surface area contributed by atoms with Crippen LogP contribution in [0.1, 0.15) is 38.4 Å². The Bertz CT molecular complexity index is 518. The van der Waals surface area contributed by atoms with E-state index in [-0.39, 0.29) is 12.1 Å². The number of benzene rings is 1. The Morgan fingerprint density at radius 2 is 1.95 bits per heavy atom. The SMILES string of the molecule is CCCC(OCC)C(NC)c1ccnn1-c1ccccc1. The summed E-state index contributed by atoms with van der Waals surface area (Å²) >= 11 is 0. The van der Waals surface area contributed by atoms with Crippen molar-refractivity contribution in [1.29, 1.82) is 0 Å². The van der Waals surface area contributed by atoms with Crippen LogP contribution in [0.2, 0.25) is 0 Å². The number of nitrogens with one attached hydrogen (secondary N) is 1. The minimum atomic E-state index is 0.132. The standard InChI is InChI=1S/C17H25N3O/c1-4-9-16(21-5-2)17(18-3)15-12-13-19-20(15)14-10-7-6-8-11-14/h6-8,10-13,16-18H,4-5,9H2,1-3H3. The van der Waals surface area contributed by atoms with Gasteiger partial charge in [-0.25, -0.2) is 4.68 Å². The molecule has 0 bridgehead atoms. The Balaban J connectivity index is 2.32. The Morgan fingerprint density at radius 3 is 2.57 bits per heavy atom. The molecule has 4 nitrogen and oxygen atoms in total. The molecule has 114 valence electrons. The fourth-order valence-electron chi connectivity index (χ4n) is 2.70. The molecule has 0 spiro atoms. The van der Waals surface area contributed by atoms with E-state index in [0.717, 1.165) is 30.8 Å². The third-order valence-corrected chi connectivity index (χ3v) is 3.63. The van der Waals surface area contributed by atoms with Crippen LogP contribution >= 0.6 is 0 Å². The van der Waals surface area contributed by atoms with Gasteiger partial charge < -0.3 is 10.1 Å². The van der Waals surface area contributed by atoms with Crippen LogP contribution in [-0.2, 0) is 4.74 Å². The van der Waals surface area contributed by atoms with Gasteiger partial charge in [0.25, 0.3) is 0 Å². The molecular formula is C17H25N3O. The molecule has 21 heavy (non-hydrogen) atoms. The van der Waals surface area contributed by atoms with E-state index in [1.165, 1.54) is 0 Å². The summed E-state index contributed by atoms with van der Waals surface area (Å²) in [7, 11) is 1.98. The van der Waals surface area contributed by atoms with Crippen molar-refractivity contribution in [2.24, 2.45) is 0 Å². The predicted molar refractivity (Wildman–Crippen MR) is 85.7 cm³/mol. The maximum absolute atomic E-state index is 5.95. The van der Waals surface area contributed by atoms with Crippen molar-refractivity contribution >= 4 is 0 Å². The average molecular weight is 287 g/mol. The van der Waals surface area contributed by atoms with Crippen LogP contribution in [0.3, 0.4) is 0 Å². The molecule has 1 heterocycles. The third-order valence-electron chi connectivity index (χ3n) is 3.63. The van der Waals surface area contributed by atoms with E-state index < -0.39 is 0 Å². The van der Waals surface area contributed by atoms with Gasteiger partial charge in [-0.05, 0) is 38.6 Å². The van der Waals surface area contributed by atoms with Crippen molar-refractivity contribution in [3.05, 3.63) is 48.3 Å². The molecule has 0 fully saturated rings. The molecule has 1 aromatic heterocycles. The second kappa shape index (κ2) is 7.96. The lowest BCUT2D eigenvalue weighted by atomic mass is 10.0. The number of ether oxygens (including phenoxy) is 1. The van der Waals surface area contributed by atoms with Crippen molar-refractivity contribution in [1.82, 2.24) is 15.1 Å². The highest BCUT2D eigenvalue weighted by Gasteiger charge is 2.25. The summed E-state index contributed by atoms with van der Waals surface area (Å²) in [6.07, 6.45) is 4.13. The summed E-state index contributed by atoms with van der Waals surface area (Å²) in [5.74, 6) is 0. The molecule has 0 aliphatic carbocycles. The summed E-state index contributed by atoms with van der Waals surface area (Å²) in [6, 6.07) is 12.4. The van der Waals surface area contributed by atoms with E-state index in [4.69, 9.17) is 4.74 Å². The number of hydrogen-bond acceptors (Lipinski definition) is 3. The Labute approximate surface area is 127 Å². The number of aromatic nitrogens is 2. The zero-order valence-electron chi connectivity index (χ0n) is 13.1. The predicted octanol–water partition coefficient (Wildman–Crippen LogP) is 3.34. The summed E-state index contributed by atoms with van der Waals surface area (Å²) in [6.45, 7) is 4.96. The fourth-order valence-corrected chi connectivity index (χ4v) is 2.70. The third kappa shape index (κ3) is 3.71. The highest BCUT2D eigenvalue weighted by atomic mass is 16.5. The maximum atomic E-state index is 5.95. The zero-order valence-corrected chi connectivity index (χ0v) is 13.1. The Kier molecular flexibility index (Phi) is 5.96. The first kappa shape index (κ1) is 15.7. The lowest BCUT2D eigenvalue weighted by molar-refractivity contribution is 0.0279. The highest BCUT2D eigenvalue weighted by molar-refractivity contribution is 5.33. The van der Waals surface area contributed by atoms with Crippen molar-refractivity contribution in [3.8, 4) is 5.69 Å². The molecule has 0 saturated heterocycles. The second-order valence-corrected chi connectivity index (χ2v) is 5.05. The van der Waals surface area contributed by atoms with Gasteiger partial charge in [-0.1, -0.05) is 31.5 Å². The first-order chi connectivity index (χ1) is 10.3. The molecule has 2 rings (SSSR count). The largest absolute Gasteiger partial charge is 0.376 e. The molecule has 2 atom stereocenters. The molecule has 2 aromatic rings. The molecule has 0 amide bonds. The molecule has 4 heteroatoms. The molecule has 0 radical (unpaired) electrons. The summed E-state index contributed by atoms with van der Waals surface area (Å²) in [5, 5.41) is 7.88. The van der Waals surface area contributed by atoms with E-state index >= 15 is 0 Å². The summed E-state index contributed by atoms with van der Waals surface area (Å²) < 4.78 is 7.94. The van der Waals surface area contributed by atoms with Gasteiger partial charge in [-0.15, -0.1) is 0 Å². The lowest BCUT2D eigenvalue weighted by Crippen LogP contribution is -2.33. The van der Waals surface area contributed by atoms with Gasteiger partial charge >= 0.3 is 0 Å². The van der Waals surface area contributed by atoms with Crippen LogP contribution < -0.4 is 5.32 Å². The monoisotopic (exact) mass is 287 g/mol. The number of likely N-dealkylation sites (N-methyl/N-ethyl adjacent to an activating group) is 1. The van der Waals surface area contributed by atoms with E-state index in [1.54, 1.807) is 0 Å². The summed E-state index contributed by atoms with van der Waals surface area (Å²) in [4.78, 5) is 0. The highest BCUT2D eigenvalue weighted by Crippen LogP contribution is 2.24. The average Bonchev–Trinajstić information content (AvgIpc) is 2.99. The molecule has 0 aliphatic rings. The topological polar surface area (TPSA) is 39.1 Å². The Morgan fingerprint density at radius 1 is 1.19 bits per heavy atom. The van der Waals surface area contributed by atoms with Gasteiger partial charge in [0.05, 0.1) is 23.5 Å². The van der Waals surface area contributed by atoms with Crippen molar-refractivity contribution < 1.29 is 4.74 Å². The van der Waals surface area contributed by atoms with Crippen LogP contribution in [0, 0.1) is 0 Å². The van der Waals surface area contributed by atoms with Crippen LogP contribution in [-0.4, -0.2) is 29.5 Å². The number of para-hydroxylation sites is 1. The van der Waals surface area contributed by atoms with E-state index in [2.05, 4.69) is 35.5 Å². The molecule has 0 saturated carbocycles. The molecule has 0 aliphatic heterocycles. The normalized spacial score (nSPS) is 14.0. The fraction of sp³-hybridized carbons (Fsp3) is 0.471. The van der Waals surface area contributed by atoms with Gasteiger partial charge in [-0.3, -0.25) is 0 Å². The van der Waals surface area contributed by atoms with Gasteiger partial charge in [0, 0.05) is 12.8 Å². The lowest BCUT2D eigenvalue weighted by Gasteiger charge is -2.27. The van der Waals surface area contributed by atoms with Crippen molar-refractivity contribution in [3.63, 3.8) is 0 Å². The van der Waals surface area contributed by atoms with Crippen LogP contribution in [0.5, 0.6) is 0 Å². The number of nitrogens with zero attached hydrogens (tertiary/aromatic N) is 2. The quantitative estimate of drug-likeness (QED) is 0.809. The first-order valence-corrected chi connectivity index (χ1v) is 7.70. The second-order valence-electron chi connectivity index (χ2n) is 5.05. The van der Waals surface area contributed by atoms with Gasteiger partial charge in [0.2, 0.25) is 0 Å². The van der Waals surface area contributed by atoms with Gasteiger partial charge in [-0.2, -0.15) is 5.10 Å². The van der Waals surface area contributed by atoms with E-state index in [9.17, 15) is 0 Å². The maximum Gasteiger partial charge on any atom is 0.0784 e. The molecular weight excluding hydrogens is 262 g/mol. The smallest absolute Gasteiger partial charge is 0.0784 e. The minimum Gasteiger partial charge on any atom is -0.376 e. The van der Waals surface area contributed by atoms with Gasteiger partial charge in [0.15, 0.2) is 0 Å². The van der Waals surface area contributed by atoms with Crippen LogP contribution in [0.4, 0.5) is 0 Å². The Hall–Kier alpha value is -1.65. The summed E-state index contributed by atoms with van der Waals surface area (Å²) in [5.41, 5.74) is 2.21. The first-order valence-electron chi connectivity index (χ1n) is 7.70. The van der Waals surface area contributed by atoms with E-state index in [1.807, 2.05) is 43.0 Å². The number of hydrogen-bond donors (Lipinski definition) is 1.